The van der Waals surface area contributed by atoms with E-state index < -0.39 is 5.79 Å². The molecule has 3 nitrogen and oxygen atoms in total. The van der Waals surface area contributed by atoms with Crippen molar-refractivity contribution in [1.82, 2.24) is 0 Å². The molecule has 1 aliphatic heterocycles. The van der Waals surface area contributed by atoms with Crippen molar-refractivity contribution in [3.05, 3.63) is 0 Å². The first-order valence-electron chi connectivity index (χ1n) is 10.3. The molecule has 0 saturated carbocycles. The summed E-state index contributed by atoms with van der Waals surface area (Å²) in [4.78, 5) is 0. The minimum absolute atomic E-state index is 0.741. The largest absolute Gasteiger partial charge is 0.365 e. The second-order valence-electron chi connectivity index (χ2n) is 7.39. The van der Waals surface area contributed by atoms with E-state index in [2.05, 4.69) is 0 Å². The van der Waals surface area contributed by atoms with E-state index in [9.17, 15) is 5.11 Å². The quantitative estimate of drug-likeness (QED) is 0.357. The van der Waals surface area contributed by atoms with Crippen LogP contribution in [0.15, 0.2) is 0 Å². The first-order valence-corrected chi connectivity index (χ1v) is 10.3. The lowest BCUT2D eigenvalue weighted by molar-refractivity contribution is -0.285. The number of aliphatic hydroxyl groups is 1. The van der Waals surface area contributed by atoms with Gasteiger partial charge in [-0.1, -0.05) is 83.5 Å². The number of ether oxygens (including phenoxy) is 1. The Morgan fingerprint density at radius 2 is 1.00 bits per heavy atom. The first-order chi connectivity index (χ1) is 11.3. The zero-order valence-electron chi connectivity index (χ0n) is 15.4. The number of nitrogens with two attached hydrogens (primary N) is 1. The standard InChI is InChI=1S/C20H41NO2/c21-18-15-13-11-9-7-5-3-1-2-4-6-8-10-12-14-16-20(22)17-19-23-20/h22H,1-19,21H2. The maximum atomic E-state index is 9.80. The number of unbranched alkanes of at least 4 members (excludes halogenated alkanes) is 14. The lowest BCUT2D eigenvalue weighted by atomic mass is 9.99. The highest BCUT2D eigenvalue weighted by molar-refractivity contribution is 4.74. The SMILES string of the molecule is NCCCCCCCCCCCCCCCCCC1(O)CCO1. The normalized spacial score (nSPS) is 20.6. The number of rotatable bonds is 17. The van der Waals surface area contributed by atoms with Gasteiger partial charge in [-0.3, -0.25) is 0 Å². The summed E-state index contributed by atoms with van der Waals surface area (Å²) < 4.78 is 5.19. The highest BCUT2D eigenvalue weighted by Gasteiger charge is 2.34. The summed E-state index contributed by atoms with van der Waals surface area (Å²) in [6.45, 7) is 1.60. The molecule has 1 saturated heterocycles. The summed E-state index contributed by atoms with van der Waals surface area (Å²) in [6.07, 6.45) is 21.9. The molecule has 1 aliphatic rings. The van der Waals surface area contributed by atoms with Crippen LogP contribution in [-0.2, 0) is 4.74 Å². The summed E-state index contributed by atoms with van der Waals surface area (Å²) in [6, 6.07) is 0. The summed E-state index contributed by atoms with van der Waals surface area (Å²) in [5, 5.41) is 9.80. The van der Waals surface area contributed by atoms with Crippen molar-refractivity contribution in [3.8, 4) is 0 Å². The summed E-state index contributed by atoms with van der Waals surface area (Å²) in [7, 11) is 0. The molecule has 0 bridgehead atoms. The Morgan fingerprint density at radius 3 is 1.30 bits per heavy atom. The van der Waals surface area contributed by atoms with Gasteiger partial charge in [0, 0.05) is 12.8 Å². The molecule has 3 N–H and O–H groups in total. The summed E-state index contributed by atoms with van der Waals surface area (Å²) in [5.41, 5.74) is 5.49. The van der Waals surface area contributed by atoms with Crippen molar-refractivity contribution in [3.63, 3.8) is 0 Å². The van der Waals surface area contributed by atoms with Crippen LogP contribution in [0.1, 0.15) is 109 Å². The Hall–Kier alpha value is -0.120. The van der Waals surface area contributed by atoms with Crippen molar-refractivity contribution in [2.45, 2.75) is 115 Å². The van der Waals surface area contributed by atoms with E-state index >= 15 is 0 Å². The van der Waals surface area contributed by atoms with Crippen LogP contribution < -0.4 is 5.73 Å². The van der Waals surface area contributed by atoms with Crippen LogP contribution in [0.25, 0.3) is 0 Å². The third kappa shape index (κ3) is 12.0. The van der Waals surface area contributed by atoms with Gasteiger partial charge in [0.2, 0.25) is 0 Å². The highest BCUT2D eigenvalue weighted by Crippen LogP contribution is 2.28. The molecule has 23 heavy (non-hydrogen) atoms. The van der Waals surface area contributed by atoms with Gasteiger partial charge in [-0.05, 0) is 19.4 Å². The van der Waals surface area contributed by atoms with E-state index in [1.807, 2.05) is 0 Å². The lowest BCUT2D eigenvalue weighted by Crippen LogP contribution is -2.43. The van der Waals surface area contributed by atoms with E-state index in [1.165, 1.54) is 89.9 Å². The van der Waals surface area contributed by atoms with Crippen molar-refractivity contribution in [1.29, 1.82) is 0 Å². The van der Waals surface area contributed by atoms with Gasteiger partial charge >= 0.3 is 0 Å². The molecule has 0 aliphatic carbocycles. The number of hydrogen-bond donors (Lipinski definition) is 2. The van der Waals surface area contributed by atoms with Crippen molar-refractivity contribution < 1.29 is 9.84 Å². The average molecular weight is 328 g/mol. The molecule has 138 valence electrons. The van der Waals surface area contributed by atoms with Crippen molar-refractivity contribution >= 4 is 0 Å². The Balaban J connectivity index is 1.65. The molecule has 0 amide bonds. The van der Waals surface area contributed by atoms with Crippen LogP contribution in [0.3, 0.4) is 0 Å². The molecule has 1 rings (SSSR count). The van der Waals surface area contributed by atoms with Crippen LogP contribution in [0.4, 0.5) is 0 Å². The Bertz CT molecular complexity index is 254. The van der Waals surface area contributed by atoms with Crippen LogP contribution in [-0.4, -0.2) is 24.0 Å². The highest BCUT2D eigenvalue weighted by atomic mass is 16.6. The van der Waals surface area contributed by atoms with E-state index in [4.69, 9.17) is 10.5 Å². The predicted octanol–water partition coefficient (Wildman–Crippen LogP) is 5.30. The van der Waals surface area contributed by atoms with Crippen molar-refractivity contribution in [2.24, 2.45) is 5.73 Å². The summed E-state index contributed by atoms with van der Waals surface area (Å²) >= 11 is 0. The van der Waals surface area contributed by atoms with Gasteiger partial charge in [-0.2, -0.15) is 0 Å². The van der Waals surface area contributed by atoms with E-state index in [-0.39, 0.29) is 0 Å². The van der Waals surface area contributed by atoms with E-state index in [0.717, 1.165) is 32.4 Å². The van der Waals surface area contributed by atoms with Gasteiger partial charge in [-0.25, -0.2) is 0 Å². The third-order valence-electron chi connectivity index (χ3n) is 5.13. The van der Waals surface area contributed by atoms with Crippen LogP contribution in [0.2, 0.25) is 0 Å². The average Bonchev–Trinajstić information content (AvgIpc) is 2.53. The van der Waals surface area contributed by atoms with Gasteiger partial charge < -0.3 is 15.6 Å². The van der Waals surface area contributed by atoms with E-state index in [0.29, 0.717) is 0 Å². The first kappa shape index (κ1) is 20.9. The maximum Gasteiger partial charge on any atom is 0.167 e. The molecule has 0 radical (unpaired) electrons. The van der Waals surface area contributed by atoms with Gasteiger partial charge in [-0.15, -0.1) is 0 Å². The molecule has 0 aromatic rings. The predicted molar refractivity (Wildman–Crippen MR) is 98.4 cm³/mol. The fourth-order valence-electron chi connectivity index (χ4n) is 3.38. The third-order valence-corrected chi connectivity index (χ3v) is 5.13. The molecular weight excluding hydrogens is 286 g/mol. The molecule has 1 fully saturated rings. The monoisotopic (exact) mass is 327 g/mol. The molecule has 1 atom stereocenters. The molecular formula is C20H41NO2. The minimum atomic E-state index is -0.746. The van der Waals surface area contributed by atoms with Gasteiger partial charge in [0.1, 0.15) is 0 Å². The van der Waals surface area contributed by atoms with Crippen LogP contribution in [0.5, 0.6) is 0 Å². The summed E-state index contributed by atoms with van der Waals surface area (Å²) in [5.74, 6) is -0.746. The number of hydrogen-bond acceptors (Lipinski definition) is 3. The minimum Gasteiger partial charge on any atom is -0.365 e. The van der Waals surface area contributed by atoms with E-state index in [1.54, 1.807) is 0 Å². The van der Waals surface area contributed by atoms with Gasteiger partial charge in [0.05, 0.1) is 6.61 Å². The second kappa shape index (κ2) is 14.2. The van der Waals surface area contributed by atoms with Crippen LogP contribution in [0, 0.1) is 0 Å². The smallest absolute Gasteiger partial charge is 0.167 e. The maximum absolute atomic E-state index is 9.80. The van der Waals surface area contributed by atoms with Crippen LogP contribution >= 0.6 is 0 Å². The molecule has 0 aromatic heterocycles. The van der Waals surface area contributed by atoms with Crippen molar-refractivity contribution in [2.75, 3.05) is 13.2 Å². The van der Waals surface area contributed by atoms with Gasteiger partial charge in [0.15, 0.2) is 5.79 Å². The second-order valence-corrected chi connectivity index (χ2v) is 7.39. The Labute approximate surface area is 144 Å². The Morgan fingerprint density at radius 1 is 0.652 bits per heavy atom. The molecule has 0 spiro atoms. The lowest BCUT2D eigenvalue weighted by Gasteiger charge is -2.36. The molecule has 1 heterocycles. The molecule has 3 heteroatoms. The zero-order chi connectivity index (χ0) is 16.6. The molecule has 1 unspecified atom stereocenters. The Kier molecular flexibility index (Phi) is 13.0. The fourth-order valence-corrected chi connectivity index (χ4v) is 3.38. The zero-order valence-corrected chi connectivity index (χ0v) is 15.4. The fraction of sp³-hybridized carbons (Fsp3) is 1.00. The molecule has 0 aromatic carbocycles. The van der Waals surface area contributed by atoms with Gasteiger partial charge in [0.25, 0.3) is 0 Å². The topological polar surface area (TPSA) is 55.5 Å².